The molecule has 0 aliphatic carbocycles. The number of rotatable bonds is 8. The second-order valence-corrected chi connectivity index (χ2v) is 4.48. The molecule has 0 amide bonds. The molecule has 1 rings (SSSR count). The number of ether oxygens (including phenoxy) is 1. The van der Waals surface area contributed by atoms with Gasteiger partial charge in [-0.15, -0.1) is 0 Å². The van der Waals surface area contributed by atoms with Crippen molar-refractivity contribution in [2.45, 2.75) is 26.7 Å². The van der Waals surface area contributed by atoms with E-state index in [2.05, 4.69) is 43.0 Å². The van der Waals surface area contributed by atoms with Crippen LogP contribution in [-0.2, 0) is 0 Å². The Morgan fingerprint density at radius 3 is 2.17 bits per heavy atom. The maximum atomic E-state index is 5.14. The van der Waals surface area contributed by atoms with Crippen LogP contribution in [0.2, 0.25) is 0 Å². The average Bonchev–Trinajstić information content (AvgIpc) is 2.40. The first-order valence-electron chi connectivity index (χ1n) is 6.83. The van der Waals surface area contributed by atoms with Gasteiger partial charge in [0.05, 0.1) is 7.11 Å². The zero-order valence-corrected chi connectivity index (χ0v) is 11.9. The largest absolute Gasteiger partial charge is 0.497 e. The Bertz CT molecular complexity index is 337. The fraction of sp³-hybridized carbons (Fsp3) is 0.500. The molecule has 0 bridgehead atoms. The molecule has 0 atom stereocenters. The third-order valence-corrected chi connectivity index (χ3v) is 2.87. The summed E-state index contributed by atoms with van der Waals surface area (Å²) in [6.07, 6.45) is 6.86. The Hall–Kier alpha value is -1.28. The Labute approximate surface area is 111 Å². The van der Waals surface area contributed by atoms with Crippen molar-refractivity contribution in [1.82, 2.24) is 4.90 Å². The molecule has 0 saturated carbocycles. The number of benzene rings is 1. The van der Waals surface area contributed by atoms with E-state index in [0.29, 0.717) is 0 Å². The van der Waals surface area contributed by atoms with E-state index in [9.17, 15) is 0 Å². The summed E-state index contributed by atoms with van der Waals surface area (Å²) in [7, 11) is 1.69. The monoisotopic (exact) mass is 247 g/mol. The van der Waals surface area contributed by atoms with Gasteiger partial charge in [0.25, 0.3) is 0 Å². The van der Waals surface area contributed by atoms with Crippen molar-refractivity contribution in [1.29, 1.82) is 0 Å². The standard InChI is InChI=1S/C16H25NO/c1-4-12-17(13-5-2)14-6-7-15-8-10-16(18-3)11-9-15/h6-11H,4-5,12-14H2,1-3H3/b7-6+. The first-order valence-corrected chi connectivity index (χ1v) is 6.83. The van der Waals surface area contributed by atoms with Gasteiger partial charge in [-0.05, 0) is 43.6 Å². The van der Waals surface area contributed by atoms with E-state index in [1.165, 1.54) is 31.5 Å². The average molecular weight is 247 g/mol. The fourth-order valence-corrected chi connectivity index (χ4v) is 1.98. The van der Waals surface area contributed by atoms with Crippen molar-refractivity contribution in [3.8, 4) is 5.75 Å². The van der Waals surface area contributed by atoms with Crippen molar-refractivity contribution >= 4 is 6.08 Å². The quantitative estimate of drug-likeness (QED) is 0.692. The highest BCUT2D eigenvalue weighted by Gasteiger charge is 1.98. The molecule has 0 saturated heterocycles. The molecule has 0 heterocycles. The number of nitrogens with zero attached hydrogens (tertiary/aromatic N) is 1. The smallest absolute Gasteiger partial charge is 0.118 e. The Balaban J connectivity index is 2.46. The van der Waals surface area contributed by atoms with E-state index in [1.807, 2.05) is 12.1 Å². The summed E-state index contributed by atoms with van der Waals surface area (Å²) in [5, 5.41) is 0. The van der Waals surface area contributed by atoms with Gasteiger partial charge in [-0.1, -0.05) is 38.1 Å². The topological polar surface area (TPSA) is 12.5 Å². The first-order chi connectivity index (χ1) is 8.80. The van der Waals surface area contributed by atoms with Crippen LogP contribution in [0.5, 0.6) is 5.75 Å². The van der Waals surface area contributed by atoms with Crippen LogP contribution < -0.4 is 4.74 Å². The molecule has 0 spiro atoms. The van der Waals surface area contributed by atoms with Crippen LogP contribution in [0, 0.1) is 0 Å². The second kappa shape index (κ2) is 8.76. The number of hydrogen-bond donors (Lipinski definition) is 0. The lowest BCUT2D eigenvalue weighted by Gasteiger charge is -2.18. The molecule has 18 heavy (non-hydrogen) atoms. The lowest BCUT2D eigenvalue weighted by atomic mass is 10.2. The molecule has 0 radical (unpaired) electrons. The Morgan fingerprint density at radius 2 is 1.67 bits per heavy atom. The van der Waals surface area contributed by atoms with E-state index >= 15 is 0 Å². The third kappa shape index (κ3) is 5.37. The lowest BCUT2D eigenvalue weighted by molar-refractivity contribution is 0.304. The maximum Gasteiger partial charge on any atom is 0.118 e. The molecule has 2 nitrogen and oxygen atoms in total. The number of methoxy groups -OCH3 is 1. The van der Waals surface area contributed by atoms with Crippen LogP contribution in [0.4, 0.5) is 0 Å². The van der Waals surface area contributed by atoms with Gasteiger partial charge in [0.1, 0.15) is 5.75 Å². The highest BCUT2D eigenvalue weighted by Crippen LogP contribution is 2.12. The summed E-state index contributed by atoms with van der Waals surface area (Å²) in [5.74, 6) is 0.908. The molecular formula is C16H25NO. The minimum Gasteiger partial charge on any atom is -0.497 e. The summed E-state index contributed by atoms with van der Waals surface area (Å²) in [6, 6.07) is 8.16. The molecule has 1 aromatic carbocycles. The van der Waals surface area contributed by atoms with Gasteiger partial charge in [-0.2, -0.15) is 0 Å². The van der Waals surface area contributed by atoms with Crippen molar-refractivity contribution < 1.29 is 4.74 Å². The minimum absolute atomic E-state index is 0.908. The summed E-state index contributed by atoms with van der Waals surface area (Å²) < 4.78 is 5.14. The van der Waals surface area contributed by atoms with Crippen molar-refractivity contribution in [2.75, 3.05) is 26.7 Å². The highest BCUT2D eigenvalue weighted by atomic mass is 16.5. The molecule has 0 unspecified atom stereocenters. The van der Waals surface area contributed by atoms with Crippen LogP contribution >= 0.6 is 0 Å². The van der Waals surface area contributed by atoms with E-state index in [0.717, 1.165) is 12.3 Å². The molecule has 0 fully saturated rings. The summed E-state index contributed by atoms with van der Waals surface area (Å²) in [5.41, 5.74) is 1.23. The molecule has 0 aromatic heterocycles. The molecule has 1 aromatic rings. The predicted octanol–water partition coefficient (Wildman–Crippen LogP) is 3.83. The zero-order valence-electron chi connectivity index (χ0n) is 11.9. The van der Waals surface area contributed by atoms with Gasteiger partial charge in [-0.25, -0.2) is 0 Å². The third-order valence-electron chi connectivity index (χ3n) is 2.87. The fourth-order valence-electron chi connectivity index (χ4n) is 1.98. The van der Waals surface area contributed by atoms with Crippen LogP contribution in [0.1, 0.15) is 32.3 Å². The van der Waals surface area contributed by atoms with Gasteiger partial charge < -0.3 is 4.74 Å². The normalized spacial score (nSPS) is 11.3. The van der Waals surface area contributed by atoms with Crippen LogP contribution in [0.25, 0.3) is 6.08 Å². The molecular weight excluding hydrogens is 222 g/mol. The van der Waals surface area contributed by atoms with Crippen LogP contribution in [0.15, 0.2) is 30.3 Å². The SMILES string of the molecule is CCCN(C/C=C/c1ccc(OC)cc1)CCC. The van der Waals surface area contributed by atoms with Gasteiger partial charge in [0.2, 0.25) is 0 Å². The van der Waals surface area contributed by atoms with Crippen molar-refractivity contribution in [3.63, 3.8) is 0 Å². The van der Waals surface area contributed by atoms with Crippen molar-refractivity contribution in [2.24, 2.45) is 0 Å². The maximum absolute atomic E-state index is 5.14. The predicted molar refractivity (Wildman–Crippen MR) is 79.1 cm³/mol. The van der Waals surface area contributed by atoms with E-state index in [4.69, 9.17) is 4.74 Å². The first kappa shape index (κ1) is 14.8. The van der Waals surface area contributed by atoms with Gasteiger partial charge in [0.15, 0.2) is 0 Å². The van der Waals surface area contributed by atoms with Crippen LogP contribution in [0.3, 0.4) is 0 Å². The highest BCUT2D eigenvalue weighted by molar-refractivity contribution is 5.50. The molecule has 2 heteroatoms. The molecule has 100 valence electrons. The van der Waals surface area contributed by atoms with Crippen LogP contribution in [-0.4, -0.2) is 31.6 Å². The number of hydrogen-bond acceptors (Lipinski definition) is 2. The summed E-state index contributed by atoms with van der Waals surface area (Å²) in [4.78, 5) is 2.49. The summed E-state index contributed by atoms with van der Waals surface area (Å²) in [6.45, 7) is 7.86. The van der Waals surface area contributed by atoms with E-state index in [-0.39, 0.29) is 0 Å². The Morgan fingerprint density at radius 1 is 1.06 bits per heavy atom. The lowest BCUT2D eigenvalue weighted by Crippen LogP contribution is -2.25. The Kier molecular flexibility index (Phi) is 7.19. The molecule has 0 aliphatic heterocycles. The zero-order chi connectivity index (χ0) is 13.2. The molecule has 0 aliphatic rings. The van der Waals surface area contributed by atoms with Gasteiger partial charge >= 0.3 is 0 Å². The van der Waals surface area contributed by atoms with Crippen molar-refractivity contribution in [3.05, 3.63) is 35.9 Å². The second-order valence-electron chi connectivity index (χ2n) is 4.48. The summed E-state index contributed by atoms with van der Waals surface area (Å²) >= 11 is 0. The minimum atomic E-state index is 0.908. The van der Waals surface area contributed by atoms with E-state index < -0.39 is 0 Å². The van der Waals surface area contributed by atoms with Gasteiger partial charge in [-0.3, -0.25) is 4.90 Å². The van der Waals surface area contributed by atoms with E-state index in [1.54, 1.807) is 7.11 Å². The molecule has 0 N–H and O–H groups in total. The van der Waals surface area contributed by atoms with Gasteiger partial charge in [0, 0.05) is 6.54 Å².